The van der Waals surface area contributed by atoms with Gasteiger partial charge in [0.2, 0.25) is 0 Å². The third-order valence-electron chi connectivity index (χ3n) is 4.44. The Morgan fingerprint density at radius 3 is 1.06 bits per heavy atom. The first-order valence-electron chi connectivity index (χ1n) is 11.1. The van der Waals surface area contributed by atoms with Crippen molar-refractivity contribution >= 4 is 25.8 Å². The number of rotatable bonds is 19. The van der Waals surface area contributed by atoms with Crippen LogP contribution in [-0.4, -0.2) is 85.6 Å². The SMILES string of the molecule is O=P(O)(O)c1ccccc1OCCOCCOCCOCCOCCOc1ccccc1P(=O)(O)O. The molecule has 202 valence electrons. The maximum atomic E-state index is 11.4. The van der Waals surface area contributed by atoms with Crippen molar-refractivity contribution in [3.8, 4) is 11.5 Å². The molecule has 2 aromatic carbocycles. The van der Waals surface area contributed by atoms with Gasteiger partial charge in [0.1, 0.15) is 35.3 Å². The molecule has 0 bridgehead atoms. The lowest BCUT2D eigenvalue weighted by atomic mass is 10.3. The summed E-state index contributed by atoms with van der Waals surface area (Å²) in [5.41, 5.74) is 0. The molecule has 2 rings (SSSR count). The van der Waals surface area contributed by atoms with Gasteiger partial charge in [0.15, 0.2) is 0 Å². The molecule has 0 atom stereocenters. The summed E-state index contributed by atoms with van der Waals surface area (Å²) in [4.78, 5) is 37.2. The van der Waals surface area contributed by atoms with Crippen LogP contribution in [0.1, 0.15) is 0 Å². The lowest BCUT2D eigenvalue weighted by molar-refractivity contribution is -0.00694. The molecule has 0 aliphatic carbocycles. The zero-order valence-electron chi connectivity index (χ0n) is 19.6. The Kier molecular flexibility index (Phi) is 13.6. The topological polar surface area (TPSA) is 170 Å². The van der Waals surface area contributed by atoms with Gasteiger partial charge in [0.05, 0.1) is 52.9 Å². The highest BCUT2D eigenvalue weighted by atomic mass is 31.2. The van der Waals surface area contributed by atoms with Crippen LogP contribution < -0.4 is 20.1 Å². The zero-order chi connectivity index (χ0) is 26.3. The van der Waals surface area contributed by atoms with Gasteiger partial charge in [0, 0.05) is 0 Å². The summed E-state index contributed by atoms with van der Waals surface area (Å²) in [6.07, 6.45) is 0. The van der Waals surface area contributed by atoms with E-state index in [0.717, 1.165) is 0 Å². The smallest absolute Gasteiger partial charge is 0.359 e. The molecule has 4 N–H and O–H groups in total. The first kappa shape index (κ1) is 30.4. The van der Waals surface area contributed by atoms with Gasteiger partial charge in [-0.15, -0.1) is 0 Å². The second kappa shape index (κ2) is 16.1. The largest absolute Gasteiger partial charge is 0.490 e. The zero-order valence-corrected chi connectivity index (χ0v) is 21.4. The van der Waals surface area contributed by atoms with Crippen molar-refractivity contribution in [1.29, 1.82) is 0 Å². The summed E-state index contributed by atoms with van der Waals surface area (Å²) in [5, 5.41) is -0.313. The average molecular weight is 550 g/mol. The molecule has 0 aromatic heterocycles. The molecule has 2 aromatic rings. The molecule has 36 heavy (non-hydrogen) atoms. The van der Waals surface area contributed by atoms with Gasteiger partial charge < -0.3 is 48.0 Å². The summed E-state index contributed by atoms with van der Waals surface area (Å²) >= 11 is 0. The monoisotopic (exact) mass is 550 g/mol. The predicted octanol–water partition coefficient (Wildman–Crippen LogP) is 0.817. The second-order valence-corrected chi connectivity index (χ2v) is 10.3. The molecule has 0 saturated heterocycles. The molecule has 0 fully saturated rings. The van der Waals surface area contributed by atoms with E-state index < -0.39 is 15.2 Å². The van der Waals surface area contributed by atoms with Crippen LogP contribution in [0.4, 0.5) is 0 Å². The predicted molar refractivity (Wildman–Crippen MR) is 131 cm³/mol. The molecule has 14 heteroatoms. The highest BCUT2D eigenvalue weighted by Gasteiger charge is 2.22. The van der Waals surface area contributed by atoms with E-state index in [2.05, 4.69) is 0 Å². The van der Waals surface area contributed by atoms with Crippen molar-refractivity contribution in [2.75, 3.05) is 66.1 Å². The highest BCUT2D eigenvalue weighted by Crippen LogP contribution is 2.37. The van der Waals surface area contributed by atoms with Gasteiger partial charge in [-0.05, 0) is 24.3 Å². The lowest BCUT2D eigenvalue weighted by Gasteiger charge is -2.12. The van der Waals surface area contributed by atoms with Gasteiger partial charge in [-0.2, -0.15) is 0 Å². The van der Waals surface area contributed by atoms with E-state index in [4.69, 9.17) is 28.4 Å². The van der Waals surface area contributed by atoms with Crippen molar-refractivity contribution in [1.82, 2.24) is 0 Å². The fraction of sp³-hybridized carbons (Fsp3) is 0.455. The van der Waals surface area contributed by atoms with E-state index in [1.807, 2.05) is 0 Å². The van der Waals surface area contributed by atoms with Gasteiger partial charge in [-0.3, -0.25) is 9.13 Å². The summed E-state index contributed by atoms with van der Waals surface area (Å²) < 4.78 is 55.1. The number of hydrogen-bond acceptors (Lipinski definition) is 8. The molecule has 0 saturated carbocycles. The van der Waals surface area contributed by atoms with Gasteiger partial charge in [-0.25, -0.2) is 0 Å². The maximum Gasteiger partial charge on any atom is 0.359 e. The van der Waals surface area contributed by atoms with Crippen LogP contribution in [0, 0.1) is 0 Å². The fourth-order valence-corrected chi connectivity index (χ4v) is 4.24. The minimum absolute atomic E-state index is 0.129. The molecule has 0 unspecified atom stereocenters. The summed E-state index contributed by atoms with van der Waals surface area (Å²) in [6.45, 7) is 2.87. The van der Waals surface area contributed by atoms with Crippen LogP contribution in [0.2, 0.25) is 0 Å². The molecule has 0 spiro atoms. The minimum atomic E-state index is -4.40. The Morgan fingerprint density at radius 1 is 0.472 bits per heavy atom. The quantitative estimate of drug-likeness (QED) is 0.144. The molecular formula is C22H32O12P2. The Balaban J connectivity index is 1.39. The van der Waals surface area contributed by atoms with Crippen LogP contribution in [0.3, 0.4) is 0 Å². The average Bonchev–Trinajstić information content (AvgIpc) is 2.83. The first-order chi connectivity index (χ1) is 17.2. The van der Waals surface area contributed by atoms with Crippen LogP contribution in [0.25, 0.3) is 0 Å². The molecule has 0 aliphatic heterocycles. The molecular weight excluding hydrogens is 518 g/mol. The fourth-order valence-electron chi connectivity index (χ4n) is 2.82. The van der Waals surface area contributed by atoms with E-state index in [1.165, 1.54) is 36.4 Å². The van der Waals surface area contributed by atoms with E-state index in [9.17, 15) is 28.7 Å². The summed E-state index contributed by atoms with van der Waals surface area (Å²) in [6, 6.07) is 12.0. The van der Waals surface area contributed by atoms with Crippen molar-refractivity contribution in [2.45, 2.75) is 0 Å². The third-order valence-corrected chi connectivity index (χ3v) is 6.44. The van der Waals surface area contributed by atoms with Crippen LogP contribution >= 0.6 is 15.2 Å². The van der Waals surface area contributed by atoms with E-state index in [-0.39, 0.29) is 48.5 Å². The summed E-state index contributed by atoms with van der Waals surface area (Å²) in [5.74, 6) is 0.258. The van der Waals surface area contributed by atoms with Crippen molar-refractivity contribution in [3.63, 3.8) is 0 Å². The standard InChI is InChI=1S/C22H32O12P2/c23-35(24,25)21-7-3-1-5-19(21)33-17-15-31-13-11-29-9-10-30-12-14-32-16-18-34-20-6-2-4-8-22(20)36(26,27)28/h1-8H,9-18H2,(H2,23,24,25)(H2,26,27,28). The molecule has 12 nitrogen and oxygen atoms in total. The normalized spacial score (nSPS) is 12.0. The maximum absolute atomic E-state index is 11.4. The number of para-hydroxylation sites is 2. The van der Waals surface area contributed by atoms with E-state index in [1.54, 1.807) is 12.1 Å². The number of ether oxygens (including phenoxy) is 6. The van der Waals surface area contributed by atoms with Gasteiger partial charge in [-0.1, -0.05) is 24.3 Å². The molecule has 0 radical (unpaired) electrons. The van der Waals surface area contributed by atoms with Crippen molar-refractivity contribution in [3.05, 3.63) is 48.5 Å². The van der Waals surface area contributed by atoms with Crippen LogP contribution in [0.5, 0.6) is 11.5 Å². The Hall–Kier alpha value is -1.82. The number of benzene rings is 2. The molecule has 0 aliphatic rings. The lowest BCUT2D eigenvalue weighted by Crippen LogP contribution is -2.16. The first-order valence-corrected chi connectivity index (χ1v) is 14.3. The Labute approximate surface area is 209 Å². The third kappa shape index (κ3) is 11.9. The van der Waals surface area contributed by atoms with Crippen LogP contribution in [0.15, 0.2) is 48.5 Å². The molecule has 0 heterocycles. The summed E-state index contributed by atoms with van der Waals surface area (Å²) in [7, 11) is -8.80. The number of hydrogen-bond donors (Lipinski definition) is 4. The van der Waals surface area contributed by atoms with Crippen molar-refractivity contribution in [2.24, 2.45) is 0 Å². The molecule has 0 amide bonds. The minimum Gasteiger partial charge on any atom is -0.490 e. The van der Waals surface area contributed by atoms with Gasteiger partial charge >= 0.3 is 15.2 Å². The van der Waals surface area contributed by atoms with E-state index in [0.29, 0.717) is 39.6 Å². The van der Waals surface area contributed by atoms with Crippen LogP contribution in [-0.2, 0) is 28.1 Å². The van der Waals surface area contributed by atoms with Crippen molar-refractivity contribution < 1.29 is 57.1 Å². The Morgan fingerprint density at radius 2 is 0.750 bits per heavy atom. The second-order valence-electron chi connectivity index (χ2n) is 7.17. The van der Waals surface area contributed by atoms with Gasteiger partial charge in [0.25, 0.3) is 0 Å². The Bertz CT molecular complexity index is 911. The van der Waals surface area contributed by atoms with E-state index >= 15 is 0 Å². The highest BCUT2D eigenvalue weighted by molar-refractivity contribution is 7.60.